The van der Waals surface area contributed by atoms with Gasteiger partial charge in [0.05, 0.1) is 16.9 Å². The van der Waals surface area contributed by atoms with Crippen molar-refractivity contribution in [3.63, 3.8) is 0 Å². The molecule has 2 aromatic rings. The van der Waals surface area contributed by atoms with Gasteiger partial charge < -0.3 is 4.90 Å². The number of nitrogens with one attached hydrogen (secondary N) is 1. The van der Waals surface area contributed by atoms with E-state index in [2.05, 4.69) is 31.4 Å². The summed E-state index contributed by atoms with van der Waals surface area (Å²) in [5, 5.41) is 15.2. The number of nitro groups is 1. The fraction of sp³-hybridized carbons (Fsp3) is 0.333. The van der Waals surface area contributed by atoms with E-state index < -0.39 is 4.92 Å². The number of thioether (sulfide) groups is 1. The van der Waals surface area contributed by atoms with E-state index in [9.17, 15) is 14.9 Å². The zero-order valence-corrected chi connectivity index (χ0v) is 18.8. The number of carbonyl (C=O) groups is 1. The minimum atomic E-state index is -0.422. The molecular weight excluding hydrogens is 468 g/mol. The fourth-order valence-corrected chi connectivity index (χ4v) is 4.49. The van der Waals surface area contributed by atoms with Crippen LogP contribution in [0.15, 0.2) is 52.0 Å². The molecule has 9 heteroatoms. The SMILES string of the molecule is O=C(CSCc1cccc(Br)c1)N/N=C\c1cc([N+](=O)[O-])ccc1N1CCCCC1. The van der Waals surface area contributed by atoms with E-state index in [1.54, 1.807) is 6.07 Å². The molecule has 0 spiro atoms. The molecule has 1 aliphatic rings. The molecule has 1 saturated heterocycles. The molecule has 30 heavy (non-hydrogen) atoms. The molecular formula is C21H23BrN4O3S. The standard InChI is InChI=1S/C21H23BrN4O3S/c22-18-6-4-5-16(11-18)14-30-15-21(27)24-23-13-17-12-19(26(28)29)7-8-20(17)25-9-2-1-3-10-25/h4-8,11-13H,1-3,9-10,14-15H2,(H,24,27)/b23-13-. The first-order valence-electron chi connectivity index (χ1n) is 9.70. The Labute approximate surface area is 188 Å². The van der Waals surface area contributed by atoms with Crippen LogP contribution in [0.5, 0.6) is 0 Å². The molecule has 1 aliphatic heterocycles. The molecule has 0 atom stereocenters. The van der Waals surface area contributed by atoms with Crippen molar-refractivity contribution in [1.82, 2.24) is 5.43 Å². The largest absolute Gasteiger partial charge is 0.371 e. The van der Waals surface area contributed by atoms with Gasteiger partial charge in [-0.05, 0) is 43.0 Å². The molecule has 3 rings (SSSR count). The Morgan fingerprint density at radius 3 is 2.77 bits per heavy atom. The second-order valence-electron chi connectivity index (χ2n) is 6.96. The number of rotatable bonds is 8. The van der Waals surface area contributed by atoms with Crippen LogP contribution in [-0.4, -0.2) is 35.9 Å². The summed E-state index contributed by atoms with van der Waals surface area (Å²) in [7, 11) is 0. The van der Waals surface area contributed by atoms with Crippen molar-refractivity contribution >= 4 is 51.2 Å². The number of nitro benzene ring substituents is 1. The number of anilines is 1. The molecule has 0 radical (unpaired) electrons. The van der Waals surface area contributed by atoms with Gasteiger partial charge in [0.15, 0.2) is 0 Å². The van der Waals surface area contributed by atoms with Crippen LogP contribution in [0.1, 0.15) is 30.4 Å². The smallest absolute Gasteiger partial charge is 0.270 e. The van der Waals surface area contributed by atoms with Crippen LogP contribution in [0.4, 0.5) is 11.4 Å². The molecule has 158 valence electrons. The molecule has 1 amide bonds. The van der Waals surface area contributed by atoms with Crippen LogP contribution < -0.4 is 10.3 Å². The predicted octanol–water partition coefficient (Wildman–Crippen LogP) is 4.73. The summed E-state index contributed by atoms with van der Waals surface area (Å²) < 4.78 is 1.01. The van der Waals surface area contributed by atoms with E-state index in [0.717, 1.165) is 47.4 Å². The Morgan fingerprint density at radius 2 is 2.03 bits per heavy atom. The van der Waals surface area contributed by atoms with E-state index in [0.29, 0.717) is 5.56 Å². The minimum Gasteiger partial charge on any atom is -0.371 e. The van der Waals surface area contributed by atoms with Crippen LogP contribution in [0.3, 0.4) is 0 Å². The summed E-state index contributed by atoms with van der Waals surface area (Å²) >= 11 is 4.93. The number of hydrogen-bond acceptors (Lipinski definition) is 6. The lowest BCUT2D eigenvalue weighted by atomic mass is 10.1. The average molecular weight is 491 g/mol. The highest BCUT2D eigenvalue weighted by Gasteiger charge is 2.17. The third-order valence-corrected chi connectivity index (χ3v) is 6.20. The van der Waals surface area contributed by atoms with Gasteiger partial charge in [-0.2, -0.15) is 5.10 Å². The summed E-state index contributed by atoms with van der Waals surface area (Å²) in [6, 6.07) is 12.7. The Kier molecular flexibility index (Phi) is 8.27. The van der Waals surface area contributed by atoms with Gasteiger partial charge in [-0.25, -0.2) is 5.43 Å². The molecule has 1 fully saturated rings. The lowest BCUT2D eigenvalue weighted by molar-refractivity contribution is -0.384. The number of carbonyl (C=O) groups excluding carboxylic acids is 1. The third kappa shape index (κ3) is 6.56. The van der Waals surface area contributed by atoms with Crippen molar-refractivity contribution in [3.05, 3.63) is 68.2 Å². The number of piperidine rings is 1. The van der Waals surface area contributed by atoms with Gasteiger partial charge >= 0.3 is 0 Å². The van der Waals surface area contributed by atoms with Gasteiger partial charge in [-0.1, -0.05) is 28.1 Å². The van der Waals surface area contributed by atoms with Crippen molar-refractivity contribution in [1.29, 1.82) is 0 Å². The van der Waals surface area contributed by atoms with E-state index in [1.807, 2.05) is 24.3 Å². The highest BCUT2D eigenvalue weighted by Crippen LogP contribution is 2.27. The fourth-order valence-electron chi connectivity index (χ4n) is 3.28. The maximum Gasteiger partial charge on any atom is 0.270 e. The molecule has 7 nitrogen and oxygen atoms in total. The van der Waals surface area contributed by atoms with Crippen molar-refractivity contribution in [3.8, 4) is 0 Å². The first-order chi connectivity index (χ1) is 14.5. The third-order valence-electron chi connectivity index (χ3n) is 4.70. The van der Waals surface area contributed by atoms with Crippen molar-refractivity contribution in [2.45, 2.75) is 25.0 Å². The van der Waals surface area contributed by atoms with E-state index >= 15 is 0 Å². The zero-order valence-electron chi connectivity index (χ0n) is 16.4. The first kappa shape index (κ1) is 22.3. The molecule has 0 saturated carbocycles. The summed E-state index contributed by atoms with van der Waals surface area (Å²) in [6.07, 6.45) is 4.88. The summed E-state index contributed by atoms with van der Waals surface area (Å²) in [4.78, 5) is 25.0. The maximum atomic E-state index is 12.1. The van der Waals surface area contributed by atoms with E-state index in [1.165, 1.54) is 36.5 Å². The number of nitrogens with zero attached hydrogens (tertiary/aromatic N) is 3. The lowest BCUT2D eigenvalue weighted by Crippen LogP contribution is -2.30. The van der Waals surface area contributed by atoms with Crippen molar-refractivity contribution in [2.75, 3.05) is 23.7 Å². The van der Waals surface area contributed by atoms with Crippen LogP contribution in [0.25, 0.3) is 0 Å². The Hall–Kier alpha value is -2.39. The summed E-state index contributed by atoms with van der Waals surface area (Å²) in [5.74, 6) is 0.786. The number of hydrogen-bond donors (Lipinski definition) is 1. The van der Waals surface area contributed by atoms with Gasteiger partial charge in [-0.3, -0.25) is 14.9 Å². The molecule has 0 bridgehead atoms. The number of amides is 1. The van der Waals surface area contributed by atoms with Crippen molar-refractivity contribution in [2.24, 2.45) is 5.10 Å². The normalized spacial score (nSPS) is 14.1. The Bertz CT molecular complexity index is 932. The average Bonchev–Trinajstić information content (AvgIpc) is 2.74. The molecule has 0 aromatic heterocycles. The van der Waals surface area contributed by atoms with Crippen molar-refractivity contribution < 1.29 is 9.72 Å². The monoisotopic (exact) mass is 490 g/mol. The molecule has 1 N–H and O–H groups in total. The lowest BCUT2D eigenvalue weighted by Gasteiger charge is -2.29. The number of benzene rings is 2. The minimum absolute atomic E-state index is 0.00751. The van der Waals surface area contributed by atoms with Gasteiger partial charge in [0.2, 0.25) is 5.91 Å². The highest BCUT2D eigenvalue weighted by molar-refractivity contribution is 9.10. The quantitative estimate of drug-likeness (QED) is 0.328. The van der Waals surface area contributed by atoms with Gasteiger partial charge in [0, 0.05) is 46.7 Å². The molecule has 0 aliphatic carbocycles. The summed E-state index contributed by atoms with van der Waals surface area (Å²) in [6.45, 7) is 1.83. The van der Waals surface area contributed by atoms with E-state index in [-0.39, 0.29) is 17.3 Å². The molecule has 0 unspecified atom stereocenters. The van der Waals surface area contributed by atoms with Crippen LogP contribution >= 0.6 is 27.7 Å². The molecule has 2 aromatic carbocycles. The zero-order chi connectivity index (χ0) is 21.3. The second-order valence-corrected chi connectivity index (χ2v) is 8.87. The van der Waals surface area contributed by atoms with E-state index in [4.69, 9.17) is 0 Å². The number of non-ortho nitro benzene ring substituents is 1. The predicted molar refractivity (Wildman–Crippen MR) is 125 cm³/mol. The van der Waals surface area contributed by atoms with Crippen LogP contribution in [0, 0.1) is 10.1 Å². The Balaban J connectivity index is 1.58. The van der Waals surface area contributed by atoms with Gasteiger partial charge in [0.25, 0.3) is 5.69 Å². The van der Waals surface area contributed by atoms with Gasteiger partial charge in [0.1, 0.15) is 0 Å². The number of halogens is 1. The van der Waals surface area contributed by atoms with Crippen LogP contribution in [0.2, 0.25) is 0 Å². The van der Waals surface area contributed by atoms with Gasteiger partial charge in [-0.15, -0.1) is 11.8 Å². The summed E-state index contributed by atoms with van der Waals surface area (Å²) in [5.41, 5.74) is 5.20. The Morgan fingerprint density at radius 1 is 1.23 bits per heavy atom. The highest BCUT2D eigenvalue weighted by atomic mass is 79.9. The second kappa shape index (κ2) is 11.1. The van der Waals surface area contributed by atoms with Crippen LogP contribution in [-0.2, 0) is 10.5 Å². The topological polar surface area (TPSA) is 87.8 Å². The molecule has 1 heterocycles. The maximum absolute atomic E-state index is 12.1. The first-order valence-corrected chi connectivity index (χ1v) is 11.6. The number of hydrazone groups is 1.